The molecule has 3 aliphatic rings. The minimum absolute atomic E-state index is 0.0652. The topological polar surface area (TPSA) is 26.3 Å². The number of hydrogen-bond acceptors (Lipinski definition) is 2. The lowest BCUT2D eigenvalue weighted by Gasteiger charge is -2.39. The second-order valence-corrected chi connectivity index (χ2v) is 6.91. The summed E-state index contributed by atoms with van der Waals surface area (Å²) in [6.07, 6.45) is 12.8. The number of hydrogen-bond donors (Lipinski definition) is 0. The van der Waals surface area contributed by atoms with Gasteiger partial charge >= 0.3 is 5.97 Å². The number of rotatable bonds is 3. The predicted octanol–water partition coefficient (Wildman–Crippen LogP) is 4.22. The summed E-state index contributed by atoms with van der Waals surface area (Å²) in [6.45, 7) is 2.18. The van der Waals surface area contributed by atoms with Gasteiger partial charge in [0.1, 0.15) is 5.60 Å². The molecule has 3 saturated carbocycles. The molecule has 0 aliphatic heterocycles. The number of ether oxygens (including phenoxy) is 1. The first-order chi connectivity index (χ1) is 8.68. The Morgan fingerprint density at radius 1 is 1.11 bits per heavy atom. The number of fused-ring (bicyclic) bond motifs is 2. The van der Waals surface area contributed by atoms with Crippen LogP contribution >= 0.6 is 0 Å². The van der Waals surface area contributed by atoms with E-state index in [1.807, 2.05) is 0 Å². The molecule has 0 atom stereocenters. The van der Waals surface area contributed by atoms with Crippen LogP contribution in [0.4, 0.5) is 0 Å². The molecule has 0 heterocycles. The lowest BCUT2D eigenvalue weighted by Crippen LogP contribution is -2.41. The van der Waals surface area contributed by atoms with E-state index in [0.29, 0.717) is 0 Å². The molecule has 2 heteroatoms. The number of carbonyl (C=O) groups is 1. The van der Waals surface area contributed by atoms with Gasteiger partial charge in [-0.2, -0.15) is 0 Å². The van der Waals surface area contributed by atoms with E-state index in [0.717, 1.165) is 44.4 Å². The molecule has 2 nitrogen and oxygen atoms in total. The molecule has 3 rings (SSSR count). The molecule has 0 N–H and O–H groups in total. The van der Waals surface area contributed by atoms with Crippen molar-refractivity contribution >= 4 is 5.97 Å². The summed E-state index contributed by atoms with van der Waals surface area (Å²) >= 11 is 0. The highest BCUT2D eigenvalue weighted by molar-refractivity contribution is 5.78. The van der Waals surface area contributed by atoms with Gasteiger partial charge in [0.05, 0.1) is 5.41 Å². The van der Waals surface area contributed by atoms with Crippen molar-refractivity contribution in [1.29, 1.82) is 0 Å². The van der Waals surface area contributed by atoms with Crippen molar-refractivity contribution in [3.05, 3.63) is 0 Å². The maximum atomic E-state index is 12.6. The van der Waals surface area contributed by atoms with Crippen LogP contribution < -0.4 is 0 Å². The zero-order valence-corrected chi connectivity index (χ0v) is 11.7. The van der Waals surface area contributed by atoms with Gasteiger partial charge in [-0.3, -0.25) is 4.79 Å². The van der Waals surface area contributed by atoms with Gasteiger partial charge in [0.2, 0.25) is 0 Å². The summed E-state index contributed by atoms with van der Waals surface area (Å²) < 4.78 is 6.09. The first-order valence-electron chi connectivity index (χ1n) is 7.92. The van der Waals surface area contributed by atoms with Gasteiger partial charge < -0.3 is 4.74 Å². The Balaban J connectivity index is 1.69. The molecule has 18 heavy (non-hydrogen) atoms. The van der Waals surface area contributed by atoms with Crippen molar-refractivity contribution in [3.63, 3.8) is 0 Å². The molecule has 3 aliphatic carbocycles. The molecule has 102 valence electrons. The molecular weight excluding hydrogens is 224 g/mol. The van der Waals surface area contributed by atoms with E-state index in [4.69, 9.17) is 4.74 Å². The Labute approximate surface area is 110 Å². The largest absolute Gasteiger partial charge is 0.459 e. The Morgan fingerprint density at radius 2 is 1.78 bits per heavy atom. The molecule has 2 bridgehead atoms. The second kappa shape index (κ2) is 4.54. The maximum absolute atomic E-state index is 12.6. The first-order valence-corrected chi connectivity index (χ1v) is 7.92. The molecule has 0 unspecified atom stereocenters. The van der Waals surface area contributed by atoms with Crippen LogP contribution in [-0.4, -0.2) is 11.6 Å². The third kappa shape index (κ3) is 1.98. The monoisotopic (exact) mass is 250 g/mol. The Hall–Kier alpha value is -0.530. The third-order valence-corrected chi connectivity index (χ3v) is 5.89. The van der Waals surface area contributed by atoms with Gasteiger partial charge in [0.15, 0.2) is 0 Å². The average Bonchev–Trinajstić information content (AvgIpc) is 3.01. The fourth-order valence-electron chi connectivity index (χ4n) is 4.51. The molecular formula is C16H26O2. The molecule has 0 radical (unpaired) electrons. The smallest absolute Gasteiger partial charge is 0.312 e. The van der Waals surface area contributed by atoms with Gasteiger partial charge in [-0.15, -0.1) is 0 Å². The Morgan fingerprint density at radius 3 is 2.28 bits per heavy atom. The predicted molar refractivity (Wildman–Crippen MR) is 71.2 cm³/mol. The van der Waals surface area contributed by atoms with Crippen LogP contribution in [0.1, 0.15) is 77.6 Å². The fourth-order valence-corrected chi connectivity index (χ4v) is 4.51. The highest BCUT2D eigenvalue weighted by Gasteiger charge is 2.52. The highest BCUT2D eigenvalue weighted by Crippen LogP contribution is 2.55. The van der Waals surface area contributed by atoms with E-state index in [1.54, 1.807) is 0 Å². The first kappa shape index (κ1) is 12.5. The number of esters is 1. The normalized spacial score (nSPS) is 37.7. The molecule has 0 aromatic rings. The van der Waals surface area contributed by atoms with Gasteiger partial charge in [-0.05, 0) is 70.1 Å². The second-order valence-electron chi connectivity index (χ2n) is 6.91. The maximum Gasteiger partial charge on any atom is 0.312 e. The van der Waals surface area contributed by atoms with Crippen LogP contribution in [0.5, 0.6) is 0 Å². The third-order valence-electron chi connectivity index (χ3n) is 5.89. The fraction of sp³-hybridized carbons (Fsp3) is 0.938. The van der Waals surface area contributed by atoms with Crippen molar-refractivity contribution in [1.82, 2.24) is 0 Å². The summed E-state index contributed by atoms with van der Waals surface area (Å²) in [4.78, 5) is 12.6. The molecule has 0 saturated heterocycles. The van der Waals surface area contributed by atoms with Gasteiger partial charge in [-0.25, -0.2) is 0 Å². The van der Waals surface area contributed by atoms with E-state index < -0.39 is 0 Å². The zero-order chi connectivity index (χ0) is 12.6. The molecule has 0 aromatic heterocycles. The minimum Gasteiger partial charge on any atom is -0.459 e. The van der Waals surface area contributed by atoms with E-state index in [1.165, 1.54) is 32.1 Å². The summed E-state index contributed by atoms with van der Waals surface area (Å²) in [5.41, 5.74) is -0.172. The molecule has 0 aromatic carbocycles. The highest BCUT2D eigenvalue weighted by atomic mass is 16.6. The standard InChI is InChI=1S/C16H26O2/c1-2-16(8-4-3-5-9-16)18-14(17)15-10-6-13(12-15)7-11-15/h13H,2-12H2,1H3. The van der Waals surface area contributed by atoms with E-state index in [2.05, 4.69) is 6.92 Å². The Kier molecular flexibility index (Phi) is 3.15. The summed E-state index contributed by atoms with van der Waals surface area (Å²) in [7, 11) is 0. The Bertz CT molecular complexity index is 320. The van der Waals surface area contributed by atoms with E-state index >= 15 is 0 Å². The van der Waals surface area contributed by atoms with E-state index in [9.17, 15) is 4.79 Å². The van der Waals surface area contributed by atoms with E-state index in [-0.39, 0.29) is 17.0 Å². The minimum atomic E-state index is -0.106. The van der Waals surface area contributed by atoms with Crippen LogP contribution in [0.3, 0.4) is 0 Å². The van der Waals surface area contributed by atoms with Gasteiger partial charge in [-0.1, -0.05) is 13.3 Å². The van der Waals surface area contributed by atoms with Crippen LogP contribution in [0.15, 0.2) is 0 Å². The molecule has 0 amide bonds. The zero-order valence-electron chi connectivity index (χ0n) is 11.7. The van der Waals surface area contributed by atoms with Crippen LogP contribution in [0.25, 0.3) is 0 Å². The van der Waals surface area contributed by atoms with Crippen molar-refractivity contribution in [2.45, 2.75) is 83.2 Å². The van der Waals surface area contributed by atoms with Crippen molar-refractivity contribution in [3.8, 4) is 0 Å². The molecule has 0 spiro atoms. The average molecular weight is 250 g/mol. The lowest BCUT2D eigenvalue weighted by molar-refractivity contribution is -0.176. The lowest BCUT2D eigenvalue weighted by atomic mass is 9.81. The summed E-state index contributed by atoms with van der Waals surface area (Å²) in [5, 5.41) is 0. The van der Waals surface area contributed by atoms with Crippen molar-refractivity contribution in [2.75, 3.05) is 0 Å². The van der Waals surface area contributed by atoms with Crippen molar-refractivity contribution < 1.29 is 9.53 Å². The van der Waals surface area contributed by atoms with Crippen LogP contribution in [-0.2, 0) is 9.53 Å². The SMILES string of the molecule is CCC1(OC(=O)C23CCC(CC2)C3)CCCCC1. The molecule has 3 fully saturated rings. The van der Waals surface area contributed by atoms with Crippen molar-refractivity contribution in [2.24, 2.45) is 11.3 Å². The summed E-state index contributed by atoms with van der Waals surface area (Å²) in [6, 6.07) is 0. The summed E-state index contributed by atoms with van der Waals surface area (Å²) in [5.74, 6) is 0.979. The number of carbonyl (C=O) groups excluding carboxylic acids is 1. The quantitative estimate of drug-likeness (QED) is 0.701. The van der Waals surface area contributed by atoms with Crippen LogP contribution in [0, 0.1) is 11.3 Å². The van der Waals surface area contributed by atoms with Gasteiger partial charge in [0.25, 0.3) is 0 Å². The van der Waals surface area contributed by atoms with Crippen LogP contribution in [0.2, 0.25) is 0 Å². The van der Waals surface area contributed by atoms with Gasteiger partial charge in [0, 0.05) is 0 Å².